The molecule has 8 nitrogen and oxygen atoms in total. The van der Waals surface area contributed by atoms with Crippen LogP contribution in [0.15, 0.2) is 73.4 Å². The summed E-state index contributed by atoms with van der Waals surface area (Å²) in [5.74, 6) is 1.17. The summed E-state index contributed by atoms with van der Waals surface area (Å²) in [6, 6.07) is 16.0. The van der Waals surface area contributed by atoms with Gasteiger partial charge in [0.1, 0.15) is 23.0 Å². The molecule has 4 aromatic rings. The zero-order chi connectivity index (χ0) is 24.2. The van der Waals surface area contributed by atoms with E-state index in [-0.39, 0.29) is 11.7 Å². The van der Waals surface area contributed by atoms with E-state index in [9.17, 15) is 9.59 Å². The van der Waals surface area contributed by atoms with Gasteiger partial charge in [-0.05, 0) is 42.5 Å². The number of fused-ring (bicyclic) bond motifs is 1. The highest BCUT2D eigenvalue weighted by Gasteiger charge is 2.19. The minimum absolute atomic E-state index is 0.164. The lowest BCUT2D eigenvalue weighted by Crippen LogP contribution is -2.09. The molecule has 2 aromatic heterocycles. The molecule has 0 radical (unpaired) electrons. The molecule has 0 unspecified atom stereocenters. The lowest BCUT2D eigenvalue weighted by Gasteiger charge is -2.12. The Labute approximate surface area is 196 Å². The number of pyridine rings is 1. The van der Waals surface area contributed by atoms with Crippen molar-refractivity contribution in [2.45, 2.75) is 0 Å². The number of rotatable bonds is 8. The lowest BCUT2D eigenvalue weighted by molar-refractivity contribution is -0.111. The maximum atomic E-state index is 13.3. The monoisotopic (exact) mass is 456 g/mol. The maximum Gasteiger partial charge on any atom is 0.247 e. The summed E-state index contributed by atoms with van der Waals surface area (Å²) in [7, 11) is 4.92. The van der Waals surface area contributed by atoms with Crippen LogP contribution in [0.3, 0.4) is 0 Å². The topological polar surface area (TPSA) is 94.5 Å². The molecular weight excluding hydrogens is 432 g/mol. The van der Waals surface area contributed by atoms with Crippen LogP contribution in [0.2, 0.25) is 0 Å². The van der Waals surface area contributed by atoms with Gasteiger partial charge in [-0.3, -0.25) is 9.59 Å². The van der Waals surface area contributed by atoms with E-state index in [0.717, 1.165) is 0 Å². The van der Waals surface area contributed by atoms with Crippen LogP contribution in [0.1, 0.15) is 15.9 Å². The average molecular weight is 457 g/mol. The first-order valence-corrected chi connectivity index (χ1v) is 10.5. The van der Waals surface area contributed by atoms with E-state index in [2.05, 4.69) is 17.2 Å². The summed E-state index contributed by atoms with van der Waals surface area (Å²) in [5, 5.41) is 6.71. The molecule has 34 heavy (non-hydrogen) atoms. The van der Waals surface area contributed by atoms with Crippen molar-refractivity contribution >= 4 is 39.9 Å². The normalized spacial score (nSPS) is 10.6. The Kier molecular flexibility index (Phi) is 6.31. The first-order chi connectivity index (χ1) is 16.4. The Bertz CT molecular complexity index is 1390. The first-order valence-electron chi connectivity index (χ1n) is 10.5. The molecule has 2 heterocycles. The van der Waals surface area contributed by atoms with Gasteiger partial charge in [0.2, 0.25) is 5.91 Å². The predicted octanol–water partition coefficient (Wildman–Crippen LogP) is 4.69. The number of methoxy groups -OCH3 is 2. The Morgan fingerprint density at radius 3 is 2.32 bits per heavy atom. The number of amides is 1. The van der Waals surface area contributed by atoms with E-state index in [1.165, 1.54) is 6.08 Å². The van der Waals surface area contributed by atoms with Crippen LogP contribution >= 0.6 is 0 Å². The van der Waals surface area contributed by atoms with Crippen molar-refractivity contribution in [3.05, 3.63) is 84.6 Å². The first kappa shape index (κ1) is 22.6. The SMILES string of the molecule is C=CC(=O)Nc1ccccc1Nc1ccc2c(C(=O)c3cc(OC)cc(OC)c3)cn(C)c2n1. The third-order valence-corrected chi connectivity index (χ3v) is 5.31. The fraction of sp³-hybridized carbons (Fsp3) is 0.115. The molecule has 0 bridgehead atoms. The molecular formula is C26H24N4O4. The number of ketones is 1. The van der Waals surface area contributed by atoms with Gasteiger partial charge in [0.25, 0.3) is 0 Å². The van der Waals surface area contributed by atoms with E-state index in [0.29, 0.717) is 50.9 Å². The maximum absolute atomic E-state index is 13.3. The van der Waals surface area contributed by atoms with Gasteiger partial charge in [-0.25, -0.2) is 4.98 Å². The summed E-state index contributed by atoms with van der Waals surface area (Å²) >= 11 is 0. The fourth-order valence-corrected chi connectivity index (χ4v) is 3.62. The van der Waals surface area contributed by atoms with Crippen LogP contribution in [0.25, 0.3) is 11.0 Å². The molecule has 0 saturated heterocycles. The number of para-hydroxylation sites is 2. The van der Waals surface area contributed by atoms with Crippen molar-refractivity contribution in [1.29, 1.82) is 0 Å². The van der Waals surface area contributed by atoms with E-state index in [4.69, 9.17) is 14.5 Å². The summed E-state index contributed by atoms with van der Waals surface area (Å²) in [6.45, 7) is 3.48. The summed E-state index contributed by atoms with van der Waals surface area (Å²) < 4.78 is 12.4. The third-order valence-electron chi connectivity index (χ3n) is 5.31. The number of nitrogens with one attached hydrogen (secondary N) is 2. The molecule has 1 amide bonds. The molecule has 0 fully saturated rings. The number of aryl methyl sites for hydroxylation is 1. The van der Waals surface area contributed by atoms with Crippen molar-refractivity contribution < 1.29 is 19.1 Å². The van der Waals surface area contributed by atoms with Crippen LogP contribution < -0.4 is 20.1 Å². The zero-order valence-corrected chi connectivity index (χ0v) is 19.1. The number of carbonyl (C=O) groups excluding carboxylic acids is 2. The fourth-order valence-electron chi connectivity index (χ4n) is 3.62. The van der Waals surface area contributed by atoms with Crippen LogP contribution in [0, 0.1) is 0 Å². The van der Waals surface area contributed by atoms with Crippen molar-refractivity contribution in [2.24, 2.45) is 7.05 Å². The molecule has 4 rings (SSSR count). The third kappa shape index (κ3) is 4.47. The van der Waals surface area contributed by atoms with Gasteiger partial charge in [0.15, 0.2) is 5.78 Å². The number of carbonyl (C=O) groups is 2. The standard InChI is InChI=1S/C26H24N4O4/c1-5-24(31)28-22-9-7-6-8-21(22)27-23-11-10-19-20(15-30(2)26(19)29-23)25(32)16-12-17(33-3)14-18(13-16)34-4/h5-15H,1H2,2-4H3,(H,27,29)(H,28,31). The molecule has 172 valence electrons. The molecule has 2 aromatic carbocycles. The Morgan fingerprint density at radius 2 is 1.68 bits per heavy atom. The molecule has 0 aliphatic carbocycles. The van der Waals surface area contributed by atoms with Gasteiger partial charge >= 0.3 is 0 Å². The van der Waals surface area contributed by atoms with Gasteiger partial charge in [-0.15, -0.1) is 0 Å². The zero-order valence-electron chi connectivity index (χ0n) is 19.1. The number of nitrogens with zero attached hydrogens (tertiary/aromatic N) is 2. The molecule has 2 N–H and O–H groups in total. The smallest absolute Gasteiger partial charge is 0.247 e. The van der Waals surface area contributed by atoms with E-state index < -0.39 is 0 Å². The summed E-state index contributed by atoms with van der Waals surface area (Å²) in [6.07, 6.45) is 2.97. The molecule has 0 aliphatic heterocycles. The van der Waals surface area contributed by atoms with Crippen LogP contribution in [-0.2, 0) is 11.8 Å². The Hall–Kier alpha value is -4.59. The van der Waals surface area contributed by atoms with Gasteiger partial charge in [0, 0.05) is 35.8 Å². The van der Waals surface area contributed by atoms with Crippen molar-refractivity contribution in [1.82, 2.24) is 9.55 Å². The molecule has 8 heteroatoms. The van der Waals surface area contributed by atoms with Crippen molar-refractivity contribution in [3.8, 4) is 11.5 Å². The minimum Gasteiger partial charge on any atom is -0.497 e. The van der Waals surface area contributed by atoms with Gasteiger partial charge < -0.3 is 24.7 Å². The Morgan fingerprint density at radius 1 is 1.00 bits per heavy atom. The summed E-state index contributed by atoms with van der Waals surface area (Å²) in [5.41, 5.74) is 2.89. The van der Waals surface area contributed by atoms with Crippen LogP contribution in [0.4, 0.5) is 17.2 Å². The molecule has 0 spiro atoms. The lowest BCUT2D eigenvalue weighted by atomic mass is 10.0. The van der Waals surface area contributed by atoms with E-state index >= 15 is 0 Å². The number of ether oxygens (including phenoxy) is 2. The second-order valence-corrected chi connectivity index (χ2v) is 7.52. The van der Waals surface area contributed by atoms with Crippen LogP contribution in [0.5, 0.6) is 11.5 Å². The average Bonchev–Trinajstić information content (AvgIpc) is 3.19. The van der Waals surface area contributed by atoms with Crippen molar-refractivity contribution in [2.75, 3.05) is 24.9 Å². The second-order valence-electron chi connectivity index (χ2n) is 7.52. The molecule has 0 atom stereocenters. The Balaban J connectivity index is 1.68. The van der Waals surface area contributed by atoms with E-state index in [1.54, 1.807) is 55.3 Å². The van der Waals surface area contributed by atoms with Crippen LogP contribution in [-0.4, -0.2) is 35.5 Å². The van der Waals surface area contributed by atoms with Crippen molar-refractivity contribution in [3.63, 3.8) is 0 Å². The second kappa shape index (κ2) is 9.50. The predicted molar refractivity (Wildman–Crippen MR) is 132 cm³/mol. The number of hydrogen-bond donors (Lipinski definition) is 2. The highest BCUT2D eigenvalue weighted by atomic mass is 16.5. The minimum atomic E-state index is -0.308. The molecule has 0 saturated carbocycles. The summed E-state index contributed by atoms with van der Waals surface area (Å²) in [4.78, 5) is 29.8. The van der Waals surface area contributed by atoms with E-state index in [1.807, 2.05) is 31.3 Å². The number of aromatic nitrogens is 2. The number of hydrogen-bond acceptors (Lipinski definition) is 6. The molecule has 0 aliphatic rings. The highest BCUT2D eigenvalue weighted by molar-refractivity contribution is 6.16. The highest BCUT2D eigenvalue weighted by Crippen LogP contribution is 2.30. The van der Waals surface area contributed by atoms with Gasteiger partial charge in [0.05, 0.1) is 25.6 Å². The number of benzene rings is 2. The number of anilines is 3. The quantitative estimate of drug-likeness (QED) is 0.295. The largest absolute Gasteiger partial charge is 0.497 e. The van der Waals surface area contributed by atoms with Gasteiger partial charge in [-0.1, -0.05) is 18.7 Å². The van der Waals surface area contributed by atoms with Gasteiger partial charge in [-0.2, -0.15) is 0 Å².